The van der Waals surface area contributed by atoms with Gasteiger partial charge < -0.3 is 0 Å². The summed E-state index contributed by atoms with van der Waals surface area (Å²) in [6.45, 7) is 2.19. The zero-order valence-corrected chi connectivity index (χ0v) is 10.4. The van der Waals surface area contributed by atoms with Crippen LogP contribution in [0.15, 0.2) is 40.2 Å². The normalized spacial score (nSPS) is 10.4. The molecular weight excluding hydrogens is 256 g/mol. The molecule has 0 spiro atoms. The highest BCUT2D eigenvalue weighted by atomic mass is 79.9. The van der Waals surface area contributed by atoms with Gasteiger partial charge in [-0.05, 0) is 41.1 Å². The van der Waals surface area contributed by atoms with Crippen molar-refractivity contribution in [3.05, 3.63) is 45.7 Å². The fourth-order valence-electron chi connectivity index (χ4n) is 1.53. The van der Waals surface area contributed by atoms with E-state index in [9.17, 15) is 0 Å². The molecule has 0 aliphatic carbocycles. The summed E-state index contributed by atoms with van der Waals surface area (Å²) in [4.78, 5) is 1.36. The maximum Gasteiger partial charge on any atom is 0.0345 e. The smallest absolute Gasteiger partial charge is 0.0345 e. The van der Waals surface area contributed by atoms with Crippen LogP contribution in [0.3, 0.4) is 0 Å². The van der Waals surface area contributed by atoms with Crippen LogP contribution in [0.2, 0.25) is 0 Å². The number of aryl methyl sites for hydroxylation is 1. The van der Waals surface area contributed by atoms with Crippen LogP contribution < -0.4 is 0 Å². The zero-order valence-electron chi connectivity index (χ0n) is 7.96. The van der Waals surface area contributed by atoms with Gasteiger partial charge in [0.2, 0.25) is 0 Å². The van der Waals surface area contributed by atoms with Crippen LogP contribution in [0.5, 0.6) is 0 Å². The topological polar surface area (TPSA) is 0 Å². The Labute approximate surface area is 96.7 Å². The summed E-state index contributed by atoms with van der Waals surface area (Å²) in [5.74, 6) is 0. The van der Waals surface area contributed by atoms with Gasteiger partial charge in [0.05, 0.1) is 0 Å². The first-order chi connectivity index (χ1) is 6.81. The summed E-state index contributed by atoms with van der Waals surface area (Å²) < 4.78 is 1.16. The Kier molecular flexibility index (Phi) is 3.04. The standard InChI is InChI=1S/C12H11BrS/c1-2-9-8-10(13)5-6-11(9)12-4-3-7-14-12/h3-8H,2H2,1H3. The molecule has 0 fully saturated rings. The highest BCUT2D eigenvalue weighted by Gasteiger charge is 2.04. The van der Waals surface area contributed by atoms with Gasteiger partial charge in [0, 0.05) is 9.35 Å². The summed E-state index contributed by atoms with van der Waals surface area (Å²) >= 11 is 5.30. The van der Waals surface area contributed by atoms with E-state index >= 15 is 0 Å². The second-order valence-corrected chi connectivity index (χ2v) is 5.00. The average molecular weight is 267 g/mol. The number of hydrogen-bond acceptors (Lipinski definition) is 1. The molecule has 0 saturated carbocycles. The van der Waals surface area contributed by atoms with Crippen LogP contribution >= 0.6 is 27.3 Å². The highest BCUT2D eigenvalue weighted by Crippen LogP contribution is 2.30. The molecule has 0 saturated heterocycles. The predicted octanol–water partition coefficient (Wildman–Crippen LogP) is 4.74. The lowest BCUT2D eigenvalue weighted by atomic mass is 10.0. The molecule has 2 rings (SSSR count). The van der Waals surface area contributed by atoms with Gasteiger partial charge in [-0.3, -0.25) is 0 Å². The summed E-state index contributed by atoms with van der Waals surface area (Å²) in [5.41, 5.74) is 2.77. The summed E-state index contributed by atoms with van der Waals surface area (Å²) in [5, 5.41) is 2.12. The molecule has 0 nitrogen and oxygen atoms in total. The Morgan fingerprint density at radius 1 is 1.29 bits per heavy atom. The number of halogens is 1. The molecule has 1 aromatic heterocycles. The lowest BCUT2D eigenvalue weighted by molar-refractivity contribution is 1.14. The summed E-state index contributed by atoms with van der Waals surface area (Å²) in [6.07, 6.45) is 1.08. The molecule has 0 unspecified atom stereocenters. The van der Waals surface area contributed by atoms with E-state index in [1.54, 1.807) is 11.3 Å². The van der Waals surface area contributed by atoms with Crippen molar-refractivity contribution in [1.29, 1.82) is 0 Å². The van der Waals surface area contributed by atoms with Gasteiger partial charge in [-0.15, -0.1) is 11.3 Å². The molecule has 1 heterocycles. The molecule has 14 heavy (non-hydrogen) atoms. The van der Waals surface area contributed by atoms with E-state index in [2.05, 4.69) is 58.6 Å². The number of hydrogen-bond donors (Lipinski definition) is 0. The Hall–Kier alpha value is -0.600. The fraction of sp³-hybridized carbons (Fsp3) is 0.167. The van der Waals surface area contributed by atoms with Crippen LogP contribution in [0.25, 0.3) is 10.4 Å². The molecular formula is C12H11BrS. The van der Waals surface area contributed by atoms with Gasteiger partial charge in [-0.1, -0.05) is 35.0 Å². The van der Waals surface area contributed by atoms with Gasteiger partial charge >= 0.3 is 0 Å². The van der Waals surface area contributed by atoms with E-state index in [1.165, 1.54) is 16.0 Å². The fourth-order valence-corrected chi connectivity index (χ4v) is 2.72. The molecule has 1 aromatic carbocycles. The molecule has 0 atom stereocenters. The van der Waals surface area contributed by atoms with Crippen LogP contribution in [-0.2, 0) is 6.42 Å². The number of benzene rings is 1. The first-order valence-corrected chi connectivity index (χ1v) is 6.31. The lowest BCUT2D eigenvalue weighted by Gasteiger charge is -2.05. The van der Waals surface area contributed by atoms with Crippen molar-refractivity contribution >= 4 is 27.3 Å². The second kappa shape index (κ2) is 4.28. The average Bonchev–Trinajstić information content (AvgIpc) is 2.70. The van der Waals surface area contributed by atoms with Gasteiger partial charge in [-0.25, -0.2) is 0 Å². The molecule has 0 amide bonds. The molecule has 0 aliphatic rings. The number of rotatable bonds is 2. The molecule has 2 heteroatoms. The van der Waals surface area contributed by atoms with E-state index in [0.29, 0.717) is 0 Å². The minimum absolute atomic E-state index is 1.08. The lowest BCUT2D eigenvalue weighted by Crippen LogP contribution is -1.85. The third-order valence-electron chi connectivity index (χ3n) is 2.23. The molecule has 0 aliphatic heterocycles. The first kappa shape index (κ1) is 9.94. The minimum Gasteiger partial charge on any atom is -0.144 e. The van der Waals surface area contributed by atoms with Gasteiger partial charge in [-0.2, -0.15) is 0 Å². The minimum atomic E-state index is 1.08. The van der Waals surface area contributed by atoms with E-state index < -0.39 is 0 Å². The van der Waals surface area contributed by atoms with Crippen molar-refractivity contribution < 1.29 is 0 Å². The van der Waals surface area contributed by atoms with Crippen molar-refractivity contribution in [2.75, 3.05) is 0 Å². The van der Waals surface area contributed by atoms with Crippen LogP contribution in [0.4, 0.5) is 0 Å². The third kappa shape index (κ3) is 1.91. The monoisotopic (exact) mass is 266 g/mol. The number of thiophene rings is 1. The van der Waals surface area contributed by atoms with Gasteiger partial charge in [0.15, 0.2) is 0 Å². The van der Waals surface area contributed by atoms with Gasteiger partial charge in [0.1, 0.15) is 0 Å². The van der Waals surface area contributed by atoms with Crippen molar-refractivity contribution in [2.24, 2.45) is 0 Å². The maximum atomic E-state index is 3.50. The highest BCUT2D eigenvalue weighted by molar-refractivity contribution is 9.10. The Balaban J connectivity index is 2.53. The third-order valence-corrected chi connectivity index (χ3v) is 3.63. The Morgan fingerprint density at radius 3 is 2.79 bits per heavy atom. The summed E-state index contributed by atoms with van der Waals surface area (Å²) in [7, 11) is 0. The Bertz CT molecular complexity index is 418. The molecule has 0 radical (unpaired) electrons. The van der Waals surface area contributed by atoms with Crippen molar-refractivity contribution in [2.45, 2.75) is 13.3 Å². The molecule has 0 N–H and O–H groups in total. The van der Waals surface area contributed by atoms with Gasteiger partial charge in [0.25, 0.3) is 0 Å². The first-order valence-electron chi connectivity index (χ1n) is 4.63. The van der Waals surface area contributed by atoms with E-state index in [4.69, 9.17) is 0 Å². The molecule has 0 bridgehead atoms. The van der Waals surface area contributed by atoms with Crippen LogP contribution in [-0.4, -0.2) is 0 Å². The van der Waals surface area contributed by atoms with Crippen LogP contribution in [0, 0.1) is 0 Å². The SMILES string of the molecule is CCc1cc(Br)ccc1-c1cccs1. The van der Waals surface area contributed by atoms with E-state index in [-0.39, 0.29) is 0 Å². The van der Waals surface area contributed by atoms with E-state index in [1.807, 2.05) is 0 Å². The predicted molar refractivity (Wildman–Crippen MR) is 66.8 cm³/mol. The summed E-state index contributed by atoms with van der Waals surface area (Å²) in [6, 6.07) is 10.8. The van der Waals surface area contributed by atoms with Crippen molar-refractivity contribution in [1.82, 2.24) is 0 Å². The van der Waals surface area contributed by atoms with Crippen molar-refractivity contribution in [3.63, 3.8) is 0 Å². The molecule has 2 aromatic rings. The zero-order chi connectivity index (χ0) is 9.97. The maximum absolute atomic E-state index is 3.50. The van der Waals surface area contributed by atoms with Crippen molar-refractivity contribution in [3.8, 4) is 10.4 Å². The van der Waals surface area contributed by atoms with Crippen LogP contribution in [0.1, 0.15) is 12.5 Å². The molecule has 72 valence electrons. The largest absolute Gasteiger partial charge is 0.144 e. The van der Waals surface area contributed by atoms with E-state index in [0.717, 1.165) is 10.9 Å². The quantitative estimate of drug-likeness (QED) is 0.737. The Morgan fingerprint density at radius 2 is 2.14 bits per heavy atom. The second-order valence-electron chi connectivity index (χ2n) is 3.13.